The van der Waals surface area contributed by atoms with Gasteiger partial charge in [-0.1, -0.05) is 42.8 Å². The molecule has 0 aliphatic carbocycles. The van der Waals surface area contributed by atoms with E-state index in [2.05, 4.69) is 6.92 Å². The Morgan fingerprint density at radius 3 is 2.35 bits per heavy atom. The van der Waals surface area contributed by atoms with Crippen LogP contribution in [-0.2, 0) is 15.8 Å². The number of likely N-dealkylation sites (tertiary alicyclic amines) is 1. The van der Waals surface area contributed by atoms with Gasteiger partial charge in [0.1, 0.15) is 5.70 Å². The second-order valence-corrected chi connectivity index (χ2v) is 8.28. The largest absolute Gasteiger partial charge is 0.416 e. The third kappa shape index (κ3) is 3.96. The zero-order valence-corrected chi connectivity index (χ0v) is 17.4. The maximum Gasteiger partial charge on any atom is 0.416 e. The fraction of sp³-hybridized carbons (Fsp3) is 0.333. The fourth-order valence-electron chi connectivity index (χ4n) is 4.24. The van der Waals surface area contributed by atoms with Crippen molar-refractivity contribution in [3.63, 3.8) is 0 Å². The average molecular weight is 428 g/mol. The van der Waals surface area contributed by atoms with E-state index in [1.165, 1.54) is 12.1 Å². The molecule has 4 rings (SSSR count). The molecule has 2 aromatic rings. The van der Waals surface area contributed by atoms with Gasteiger partial charge in [-0.2, -0.15) is 13.2 Å². The Morgan fingerprint density at radius 2 is 1.71 bits per heavy atom. The molecule has 31 heavy (non-hydrogen) atoms. The van der Waals surface area contributed by atoms with E-state index in [1.807, 2.05) is 24.0 Å². The van der Waals surface area contributed by atoms with Gasteiger partial charge in [-0.3, -0.25) is 9.59 Å². The van der Waals surface area contributed by atoms with Crippen LogP contribution in [0.15, 0.2) is 54.2 Å². The van der Waals surface area contributed by atoms with Crippen LogP contribution >= 0.6 is 0 Å². The number of imide groups is 1. The van der Waals surface area contributed by atoms with Gasteiger partial charge in [0.05, 0.1) is 16.8 Å². The first-order valence-corrected chi connectivity index (χ1v) is 10.3. The second kappa shape index (κ2) is 7.87. The van der Waals surface area contributed by atoms with Crippen molar-refractivity contribution in [1.82, 2.24) is 4.90 Å². The van der Waals surface area contributed by atoms with E-state index in [0.29, 0.717) is 24.6 Å². The highest BCUT2D eigenvalue weighted by atomic mass is 19.4. The first-order valence-electron chi connectivity index (χ1n) is 10.3. The molecule has 0 spiro atoms. The molecule has 2 aromatic carbocycles. The van der Waals surface area contributed by atoms with Crippen molar-refractivity contribution < 1.29 is 22.8 Å². The summed E-state index contributed by atoms with van der Waals surface area (Å²) in [7, 11) is 0. The minimum Gasteiger partial charge on any atom is -0.366 e. The smallest absolute Gasteiger partial charge is 0.366 e. The van der Waals surface area contributed by atoms with E-state index in [4.69, 9.17) is 0 Å². The van der Waals surface area contributed by atoms with Crippen molar-refractivity contribution in [2.75, 3.05) is 18.0 Å². The number of halogens is 3. The van der Waals surface area contributed by atoms with Gasteiger partial charge in [0.15, 0.2) is 0 Å². The molecule has 0 aromatic heterocycles. The number of aryl methyl sites for hydroxylation is 1. The normalized spacial score (nSPS) is 20.1. The zero-order valence-electron chi connectivity index (χ0n) is 17.4. The van der Waals surface area contributed by atoms with Crippen molar-refractivity contribution in [2.45, 2.75) is 32.9 Å². The van der Waals surface area contributed by atoms with Crippen LogP contribution in [0.2, 0.25) is 0 Å². The van der Waals surface area contributed by atoms with Crippen LogP contribution in [0.4, 0.5) is 18.9 Å². The lowest BCUT2D eigenvalue weighted by Crippen LogP contribution is -2.39. The van der Waals surface area contributed by atoms with Crippen LogP contribution in [0.5, 0.6) is 0 Å². The van der Waals surface area contributed by atoms with Gasteiger partial charge in [0, 0.05) is 13.1 Å². The summed E-state index contributed by atoms with van der Waals surface area (Å²) in [4.78, 5) is 29.7. The third-order valence-electron chi connectivity index (χ3n) is 5.80. The number of benzene rings is 2. The van der Waals surface area contributed by atoms with Gasteiger partial charge in [0.25, 0.3) is 11.8 Å². The Hall–Kier alpha value is -3.09. The summed E-state index contributed by atoms with van der Waals surface area (Å²) < 4.78 is 39.7. The van der Waals surface area contributed by atoms with Crippen LogP contribution in [0.1, 0.15) is 36.5 Å². The molecule has 1 atom stereocenters. The van der Waals surface area contributed by atoms with Crippen LogP contribution in [0, 0.1) is 12.8 Å². The lowest BCUT2D eigenvalue weighted by Gasteiger charge is -2.33. The maximum atomic E-state index is 13.5. The van der Waals surface area contributed by atoms with Gasteiger partial charge in [0.2, 0.25) is 0 Å². The van der Waals surface area contributed by atoms with E-state index in [0.717, 1.165) is 35.4 Å². The SMILES string of the molecule is Cc1ccc(C2=C(N3CCCC(C)C3)C(=O)N(c3cccc(C(F)(F)F)c3)C2=O)cc1. The van der Waals surface area contributed by atoms with Crippen LogP contribution in [-0.4, -0.2) is 29.8 Å². The number of nitrogens with zero attached hydrogens (tertiary/aromatic N) is 2. The molecule has 4 nitrogen and oxygen atoms in total. The molecule has 162 valence electrons. The summed E-state index contributed by atoms with van der Waals surface area (Å²) in [6, 6.07) is 11.6. The second-order valence-electron chi connectivity index (χ2n) is 8.28. The molecule has 0 saturated carbocycles. The van der Waals surface area contributed by atoms with Gasteiger partial charge < -0.3 is 4.90 Å². The minimum atomic E-state index is -4.57. The van der Waals surface area contributed by atoms with Gasteiger partial charge in [-0.05, 0) is 49.4 Å². The summed E-state index contributed by atoms with van der Waals surface area (Å²) in [5.41, 5.74) is 1.14. The van der Waals surface area contributed by atoms with E-state index >= 15 is 0 Å². The first kappa shape index (κ1) is 21.2. The lowest BCUT2D eigenvalue weighted by atomic mass is 9.97. The van der Waals surface area contributed by atoms with Crippen molar-refractivity contribution >= 4 is 23.1 Å². The first-order chi connectivity index (χ1) is 14.7. The Labute approximate surface area is 179 Å². The molecule has 1 unspecified atom stereocenters. The number of carbonyl (C=O) groups is 2. The van der Waals surface area contributed by atoms with E-state index in [-0.39, 0.29) is 17.0 Å². The molecule has 2 aliphatic heterocycles. The highest BCUT2D eigenvalue weighted by Crippen LogP contribution is 2.38. The quantitative estimate of drug-likeness (QED) is 0.644. The summed E-state index contributed by atoms with van der Waals surface area (Å²) in [5, 5.41) is 0. The fourth-order valence-corrected chi connectivity index (χ4v) is 4.24. The highest BCUT2D eigenvalue weighted by Gasteiger charge is 2.43. The number of hydrogen-bond donors (Lipinski definition) is 0. The zero-order chi connectivity index (χ0) is 22.3. The van der Waals surface area contributed by atoms with Crippen LogP contribution < -0.4 is 4.90 Å². The van der Waals surface area contributed by atoms with Gasteiger partial charge in [-0.15, -0.1) is 0 Å². The molecule has 1 fully saturated rings. The maximum absolute atomic E-state index is 13.5. The Morgan fingerprint density at radius 1 is 1.00 bits per heavy atom. The molecule has 2 heterocycles. The van der Waals surface area contributed by atoms with Gasteiger partial charge in [-0.25, -0.2) is 4.90 Å². The Balaban J connectivity index is 1.82. The standard InChI is InChI=1S/C24H23F3N2O2/c1-15-8-10-17(11-9-15)20-21(28-12-4-5-16(2)14-28)23(31)29(22(20)30)19-7-3-6-18(13-19)24(25,26)27/h3,6-11,13,16H,4-5,12,14H2,1-2H3. The predicted octanol–water partition coefficient (Wildman–Crippen LogP) is 5.03. The van der Waals surface area contributed by atoms with Crippen molar-refractivity contribution in [1.29, 1.82) is 0 Å². The summed E-state index contributed by atoms with van der Waals surface area (Å²) in [5.74, 6) is -0.818. The predicted molar refractivity (Wildman–Crippen MR) is 112 cm³/mol. The van der Waals surface area contributed by atoms with Crippen molar-refractivity contribution in [3.05, 3.63) is 70.9 Å². The third-order valence-corrected chi connectivity index (χ3v) is 5.80. The Kier molecular flexibility index (Phi) is 5.37. The molecule has 7 heteroatoms. The lowest BCUT2D eigenvalue weighted by molar-refractivity contribution is -0.137. The highest BCUT2D eigenvalue weighted by molar-refractivity contribution is 6.45. The van der Waals surface area contributed by atoms with Crippen LogP contribution in [0.25, 0.3) is 5.57 Å². The van der Waals surface area contributed by atoms with E-state index in [1.54, 1.807) is 12.1 Å². The van der Waals surface area contributed by atoms with E-state index < -0.39 is 23.6 Å². The summed E-state index contributed by atoms with van der Waals surface area (Å²) in [6.07, 6.45) is -2.65. The molecule has 0 radical (unpaired) electrons. The van der Waals surface area contributed by atoms with Crippen molar-refractivity contribution in [2.24, 2.45) is 5.92 Å². The molecule has 2 aliphatic rings. The van der Waals surface area contributed by atoms with Gasteiger partial charge >= 0.3 is 6.18 Å². The number of alkyl halides is 3. The average Bonchev–Trinajstić information content (AvgIpc) is 2.98. The minimum absolute atomic E-state index is 0.0745. The van der Waals surface area contributed by atoms with Crippen molar-refractivity contribution in [3.8, 4) is 0 Å². The number of amides is 2. The van der Waals surface area contributed by atoms with Crippen LogP contribution in [0.3, 0.4) is 0 Å². The molecule has 1 saturated heterocycles. The number of hydrogen-bond acceptors (Lipinski definition) is 3. The Bertz CT molecular complexity index is 1060. The molecule has 0 bridgehead atoms. The molecule has 2 amide bonds. The number of carbonyl (C=O) groups excluding carboxylic acids is 2. The van der Waals surface area contributed by atoms with E-state index in [9.17, 15) is 22.8 Å². The topological polar surface area (TPSA) is 40.6 Å². The monoisotopic (exact) mass is 428 g/mol. The summed E-state index contributed by atoms with van der Waals surface area (Å²) >= 11 is 0. The molecule has 0 N–H and O–H groups in total. The number of piperidine rings is 1. The number of rotatable bonds is 3. The summed E-state index contributed by atoms with van der Waals surface area (Å²) in [6.45, 7) is 5.26. The molecular weight excluding hydrogens is 405 g/mol. The molecular formula is C24H23F3N2O2. The number of anilines is 1.